The van der Waals surface area contributed by atoms with Crippen molar-refractivity contribution < 1.29 is 9.84 Å². The van der Waals surface area contributed by atoms with Crippen LogP contribution in [0.25, 0.3) is 0 Å². The number of hydrogen-bond acceptors (Lipinski definition) is 4. The van der Waals surface area contributed by atoms with E-state index in [2.05, 4.69) is 10.2 Å². The van der Waals surface area contributed by atoms with Crippen molar-refractivity contribution in [1.82, 2.24) is 10.2 Å². The largest absolute Gasteiger partial charge is 0.388 e. The molecule has 0 amide bonds. The van der Waals surface area contributed by atoms with Gasteiger partial charge in [-0.15, -0.1) is 0 Å². The predicted octanol–water partition coefficient (Wildman–Crippen LogP) is 2.15. The summed E-state index contributed by atoms with van der Waals surface area (Å²) in [5, 5.41) is 17.1. The van der Waals surface area contributed by atoms with Crippen LogP contribution in [-0.4, -0.2) is 27.5 Å². The Balaban J connectivity index is 1.72. The molecule has 0 radical (unpaired) electrons. The molecule has 2 atom stereocenters. The highest BCUT2D eigenvalue weighted by Crippen LogP contribution is 2.44. The Morgan fingerprint density at radius 1 is 1.42 bits per heavy atom. The molecule has 2 heterocycles. The molecule has 1 spiro atoms. The van der Waals surface area contributed by atoms with E-state index in [4.69, 9.17) is 10.5 Å². The zero-order valence-corrected chi connectivity index (χ0v) is 11.3. The van der Waals surface area contributed by atoms with Gasteiger partial charge >= 0.3 is 0 Å². The summed E-state index contributed by atoms with van der Waals surface area (Å²) < 4.78 is 6.07. The number of aliphatic hydroxyl groups is 1. The van der Waals surface area contributed by atoms with Crippen molar-refractivity contribution in [2.24, 2.45) is 5.92 Å². The number of hydrogen-bond donors (Lipinski definition) is 3. The number of H-pyrrole nitrogens is 1. The lowest BCUT2D eigenvalue weighted by atomic mass is 9.74. The normalized spacial score (nSPS) is 28.4. The summed E-state index contributed by atoms with van der Waals surface area (Å²) >= 11 is 0. The molecule has 2 fully saturated rings. The lowest BCUT2D eigenvalue weighted by molar-refractivity contribution is -0.134. The fourth-order valence-corrected chi connectivity index (χ4v) is 3.67. The number of aromatic amines is 1. The molecule has 0 aromatic carbocycles. The standard InChI is InChI=1S/C14H23N3O2/c15-13-11(9-16-17-13)12(18)10-4-7-19-14(8-10)5-2-1-3-6-14/h9-10,12,18H,1-8H2,(H3,15,16,17). The monoisotopic (exact) mass is 265 g/mol. The van der Waals surface area contributed by atoms with Gasteiger partial charge in [0, 0.05) is 12.2 Å². The molecule has 5 nitrogen and oxygen atoms in total. The van der Waals surface area contributed by atoms with Crippen molar-refractivity contribution in [2.45, 2.75) is 56.7 Å². The zero-order valence-electron chi connectivity index (χ0n) is 11.3. The van der Waals surface area contributed by atoms with E-state index < -0.39 is 6.10 Å². The maximum atomic E-state index is 10.5. The highest BCUT2D eigenvalue weighted by atomic mass is 16.5. The van der Waals surface area contributed by atoms with E-state index >= 15 is 0 Å². The predicted molar refractivity (Wildman–Crippen MR) is 72.5 cm³/mol. The van der Waals surface area contributed by atoms with Crippen LogP contribution in [0.4, 0.5) is 5.82 Å². The Labute approximate surface area is 113 Å². The third kappa shape index (κ3) is 2.49. The third-order valence-electron chi connectivity index (χ3n) is 4.76. The van der Waals surface area contributed by atoms with E-state index in [1.165, 1.54) is 19.3 Å². The number of nitrogens with zero attached hydrogens (tertiary/aromatic N) is 1. The summed E-state index contributed by atoms with van der Waals surface area (Å²) in [7, 11) is 0. The number of aromatic nitrogens is 2. The summed E-state index contributed by atoms with van der Waals surface area (Å²) in [6.45, 7) is 0.749. The number of rotatable bonds is 2. The minimum Gasteiger partial charge on any atom is -0.388 e. The number of ether oxygens (including phenoxy) is 1. The number of nitrogens with one attached hydrogen (secondary N) is 1. The van der Waals surface area contributed by atoms with Gasteiger partial charge in [-0.05, 0) is 31.6 Å². The number of nitrogen functional groups attached to an aromatic ring is 1. The third-order valence-corrected chi connectivity index (χ3v) is 4.76. The summed E-state index contributed by atoms with van der Waals surface area (Å²) in [4.78, 5) is 0. The van der Waals surface area contributed by atoms with Gasteiger partial charge in [0.15, 0.2) is 0 Å². The molecule has 19 heavy (non-hydrogen) atoms. The minimum absolute atomic E-state index is 0.0145. The van der Waals surface area contributed by atoms with Gasteiger partial charge in [-0.3, -0.25) is 5.10 Å². The van der Waals surface area contributed by atoms with E-state index in [9.17, 15) is 5.11 Å². The Kier molecular flexibility index (Phi) is 3.50. The van der Waals surface area contributed by atoms with Crippen LogP contribution in [0.3, 0.4) is 0 Å². The molecule has 1 aromatic heterocycles. The number of aliphatic hydroxyl groups excluding tert-OH is 1. The smallest absolute Gasteiger partial charge is 0.124 e. The molecule has 106 valence electrons. The second-order valence-electron chi connectivity index (χ2n) is 6.03. The summed E-state index contributed by atoms with van der Waals surface area (Å²) in [6, 6.07) is 0. The van der Waals surface area contributed by atoms with Gasteiger partial charge in [0.05, 0.1) is 17.9 Å². The van der Waals surface area contributed by atoms with Crippen molar-refractivity contribution >= 4 is 5.82 Å². The van der Waals surface area contributed by atoms with Crippen LogP contribution >= 0.6 is 0 Å². The van der Waals surface area contributed by atoms with Gasteiger partial charge in [-0.2, -0.15) is 5.10 Å². The number of anilines is 1. The molecular weight excluding hydrogens is 242 g/mol. The highest BCUT2D eigenvalue weighted by Gasteiger charge is 2.41. The van der Waals surface area contributed by atoms with Crippen molar-refractivity contribution in [3.63, 3.8) is 0 Å². The summed E-state index contributed by atoms with van der Waals surface area (Å²) in [5.74, 6) is 0.712. The highest BCUT2D eigenvalue weighted by molar-refractivity contribution is 5.38. The first kappa shape index (κ1) is 12.9. The van der Waals surface area contributed by atoms with Gasteiger partial charge in [-0.25, -0.2) is 0 Å². The van der Waals surface area contributed by atoms with E-state index in [1.807, 2.05) is 0 Å². The minimum atomic E-state index is -0.526. The van der Waals surface area contributed by atoms with E-state index in [0.29, 0.717) is 5.82 Å². The fourth-order valence-electron chi connectivity index (χ4n) is 3.67. The van der Waals surface area contributed by atoms with Crippen molar-refractivity contribution in [1.29, 1.82) is 0 Å². The maximum Gasteiger partial charge on any atom is 0.124 e. The van der Waals surface area contributed by atoms with E-state index in [0.717, 1.165) is 37.9 Å². The molecular formula is C14H23N3O2. The first-order chi connectivity index (χ1) is 9.20. The Hall–Kier alpha value is -1.07. The molecule has 1 saturated heterocycles. The Morgan fingerprint density at radius 2 is 2.21 bits per heavy atom. The quantitative estimate of drug-likeness (QED) is 0.765. The van der Waals surface area contributed by atoms with Gasteiger partial charge < -0.3 is 15.6 Å². The van der Waals surface area contributed by atoms with Gasteiger partial charge in [-0.1, -0.05) is 19.3 Å². The van der Waals surface area contributed by atoms with Crippen LogP contribution in [0.2, 0.25) is 0 Å². The average Bonchev–Trinajstić information content (AvgIpc) is 2.85. The molecule has 5 heteroatoms. The van der Waals surface area contributed by atoms with Crippen LogP contribution in [0.15, 0.2) is 6.20 Å². The number of nitrogens with two attached hydrogens (primary N) is 1. The van der Waals surface area contributed by atoms with Crippen LogP contribution in [0.5, 0.6) is 0 Å². The molecule has 0 bridgehead atoms. The van der Waals surface area contributed by atoms with Crippen LogP contribution in [-0.2, 0) is 4.74 Å². The molecule has 1 aliphatic heterocycles. The second kappa shape index (κ2) is 5.13. The van der Waals surface area contributed by atoms with Gasteiger partial charge in [0.1, 0.15) is 5.82 Å². The van der Waals surface area contributed by atoms with Gasteiger partial charge in [0.25, 0.3) is 0 Å². The van der Waals surface area contributed by atoms with Crippen LogP contribution < -0.4 is 5.73 Å². The fraction of sp³-hybridized carbons (Fsp3) is 0.786. The van der Waals surface area contributed by atoms with Crippen molar-refractivity contribution in [2.75, 3.05) is 12.3 Å². The molecule has 1 saturated carbocycles. The lowest BCUT2D eigenvalue weighted by Crippen LogP contribution is -2.42. The summed E-state index contributed by atoms with van der Waals surface area (Å²) in [6.07, 6.45) is 9.03. The van der Waals surface area contributed by atoms with Gasteiger partial charge in [0.2, 0.25) is 0 Å². The molecule has 4 N–H and O–H groups in total. The second-order valence-corrected chi connectivity index (χ2v) is 6.03. The SMILES string of the molecule is Nc1[nH]ncc1C(O)C1CCOC2(CCCCC2)C1. The molecule has 2 aliphatic rings. The first-order valence-electron chi connectivity index (χ1n) is 7.31. The molecule has 2 unspecified atom stereocenters. The average molecular weight is 265 g/mol. The van der Waals surface area contributed by atoms with Crippen molar-refractivity contribution in [3.05, 3.63) is 11.8 Å². The topological polar surface area (TPSA) is 84.2 Å². The Bertz CT molecular complexity index is 421. The Morgan fingerprint density at radius 3 is 2.89 bits per heavy atom. The lowest BCUT2D eigenvalue weighted by Gasteiger charge is -2.44. The van der Waals surface area contributed by atoms with Crippen molar-refractivity contribution in [3.8, 4) is 0 Å². The first-order valence-corrected chi connectivity index (χ1v) is 7.31. The molecule has 3 rings (SSSR count). The molecule has 1 aromatic rings. The van der Waals surface area contributed by atoms with E-state index in [1.54, 1.807) is 6.20 Å². The zero-order chi connectivity index (χ0) is 13.3. The van der Waals surface area contributed by atoms with E-state index in [-0.39, 0.29) is 11.5 Å². The van der Waals surface area contributed by atoms with Crippen LogP contribution in [0.1, 0.15) is 56.6 Å². The summed E-state index contributed by atoms with van der Waals surface area (Å²) in [5.41, 5.74) is 6.56. The van der Waals surface area contributed by atoms with Crippen LogP contribution in [0, 0.1) is 5.92 Å². The molecule has 1 aliphatic carbocycles. The maximum absolute atomic E-state index is 10.5.